The number of nitrogens with zero attached hydrogens (tertiary/aromatic N) is 2. The average molecular weight is 334 g/mol. The third-order valence-electron chi connectivity index (χ3n) is 4.59. The van der Waals surface area contributed by atoms with E-state index in [2.05, 4.69) is 47.8 Å². The first-order valence-corrected chi connectivity index (χ1v) is 8.32. The molecule has 1 heterocycles. The van der Waals surface area contributed by atoms with Crippen molar-refractivity contribution in [2.75, 3.05) is 0 Å². The quantitative estimate of drug-likeness (QED) is 0.405. The summed E-state index contributed by atoms with van der Waals surface area (Å²) >= 11 is 0. The van der Waals surface area contributed by atoms with E-state index in [1.807, 2.05) is 31.3 Å². The number of oxime groups is 1. The van der Waals surface area contributed by atoms with Crippen molar-refractivity contribution < 1.29 is 9.63 Å². The lowest BCUT2D eigenvalue weighted by atomic mass is 9.97. The minimum atomic E-state index is -0.417. The van der Waals surface area contributed by atoms with E-state index in [4.69, 9.17) is 4.84 Å². The van der Waals surface area contributed by atoms with E-state index in [1.54, 1.807) is 0 Å². The second kappa shape index (κ2) is 6.93. The molecule has 1 aromatic heterocycles. The van der Waals surface area contributed by atoms with Gasteiger partial charge in [0.15, 0.2) is 0 Å². The number of para-hydroxylation sites is 1. The van der Waals surface area contributed by atoms with Crippen LogP contribution in [0.5, 0.6) is 0 Å². The summed E-state index contributed by atoms with van der Waals surface area (Å²) in [6.45, 7) is 5.51. The van der Waals surface area contributed by atoms with E-state index in [9.17, 15) is 4.79 Å². The van der Waals surface area contributed by atoms with Crippen molar-refractivity contribution in [3.05, 3.63) is 70.9 Å². The average Bonchev–Trinajstić information content (AvgIpc) is 2.85. The van der Waals surface area contributed by atoms with Crippen LogP contribution >= 0.6 is 0 Å². The summed E-state index contributed by atoms with van der Waals surface area (Å²) in [7, 11) is 2.04. The highest BCUT2D eigenvalue weighted by atomic mass is 16.7. The first kappa shape index (κ1) is 17.0. The van der Waals surface area contributed by atoms with Gasteiger partial charge in [-0.1, -0.05) is 47.6 Å². The van der Waals surface area contributed by atoms with E-state index in [-0.39, 0.29) is 0 Å². The number of carbonyl (C=O) groups is 1. The number of aromatic nitrogens is 1. The SMILES string of the molecule is CC(=O)O/N=C(\Cc1ccccc1C)c1c(C)n(C)c2ccccc12. The molecule has 0 saturated carbocycles. The molecule has 0 aliphatic carbocycles. The Morgan fingerprint density at radius 1 is 1.08 bits per heavy atom. The maximum absolute atomic E-state index is 11.3. The van der Waals surface area contributed by atoms with Crippen LogP contribution in [-0.2, 0) is 23.1 Å². The molecule has 2 aromatic carbocycles. The minimum Gasteiger partial charge on any atom is -0.347 e. The van der Waals surface area contributed by atoms with Crippen LogP contribution in [0.2, 0.25) is 0 Å². The fourth-order valence-electron chi connectivity index (χ4n) is 3.16. The lowest BCUT2D eigenvalue weighted by molar-refractivity contribution is -0.140. The van der Waals surface area contributed by atoms with Crippen LogP contribution in [0.1, 0.15) is 29.3 Å². The summed E-state index contributed by atoms with van der Waals surface area (Å²) in [5.74, 6) is -0.417. The predicted molar refractivity (Wildman–Crippen MR) is 101 cm³/mol. The molecule has 0 atom stereocenters. The molecule has 0 bridgehead atoms. The molecule has 128 valence electrons. The minimum absolute atomic E-state index is 0.417. The third kappa shape index (κ3) is 3.33. The molecule has 25 heavy (non-hydrogen) atoms. The Morgan fingerprint density at radius 3 is 2.48 bits per heavy atom. The van der Waals surface area contributed by atoms with Gasteiger partial charge < -0.3 is 9.40 Å². The normalized spacial score (nSPS) is 11.8. The van der Waals surface area contributed by atoms with Gasteiger partial charge in [0.1, 0.15) is 0 Å². The van der Waals surface area contributed by atoms with Gasteiger partial charge in [-0.05, 0) is 31.0 Å². The summed E-state index contributed by atoms with van der Waals surface area (Å²) in [6.07, 6.45) is 0.606. The topological polar surface area (TPSA) is 43.6 Å². The zero-order valence-corrected chi connectivity index (χ0v) is 15.0. The van der Waals surface area contributed by atoms with Crippen LogP contribution in [0.25, 0.3) is 10.9 Å². The molecule has 0 aliphatic heterocycles. The van der Waals surface area contributed by atoms with Crippen molar-refractivity contribution >= 4 is 22.6 Å². The standard InChI is InChI=1S/C21H22N2O2/c1-14-9-5-6-10-17(14)13-19(22-25-16(3)24)21-15(2)23(4)20-12-8-7-11-18(20)21/h5-12H,13H2,1-4H3/b22-19+. The third-order valence-corrected chi connectivity index (χ3v) is 4.59. The Kier molecular flexibility index (Phi) is 4.70. The number of benzene rings is 2. The van der Waals surface area contributed by atoms with Crippen molar-refractivity contribution in [1.82, 2.24) is 4.57 Å². The summed E-state index contributed by atoms with van der Waals surface area (Å²) in [5, 5.41) is 5.32. The largest absolute Gasteiger partial charge is 0.347 e. The lowest BCUT2D eigenvalue weighted by Gasteiger charge is -2.10. The summed E-state index contributed by atoms with van der Waals surface area (Å²) in [5.41, 5.74) is 6.38. The van der Waals surface area contributed by atoms with Crippen molar-refractivity contribution in [3.8, 4) is 0 Å². The van der Waals surface area contributed by atoms with E-state index >= 15 is 0 Å². The van der Waals surface area contributed by atoms with Gasteiger partial charge in [-0.2, -0.15) is 0 Å². The predicted octanol–water partition coefficient (Wildman–Crippen LogP) is 4.31. The molecule has 4 heteroatoms. The van der Waals surface area contributed by atoms with Gasteiger partial charge in [-0.15, -0.1) is 0 Å². The molecule has 0 N–H and O–H groups in total. The van der Waals surface area contributed by atoms with Gasteiger partial charge in [0.05, 0.1) is 5.71 Å². The lowest BCUT2D eigenvalue weighted by Crippen LogP contribution is -2.10. The van der Waals surface area contributed by atoms with Crippen LogP contribution in [0.3, 0.4) is 0 Å². The van der Waals surface area contributed by atoms with Gasteiger partial charge in [0.25, 0.3) is 0 Å². The van der Waals surface area contributed by atoms with Gasteiger partial charge in [-0.25, -0.2) is 4.79 Å². The van der Waals surface area contributed by atoms with E-state index in [0.29, 0.717) is 6.42 Å². The van der Waals surface area contributed by atoms with E-state index in [0.717, 1.165) is 27.9 Å². The maximum Gasteiger partial charge on any atom is 0.331 e. The van der Waals surface area contributed by atoms with Crippen LogP contribution in [0.4, 0.5) is 0 Å². The van der Waals surface area contributed by atoms with Gasteiger partial charge in [-0.3, -0.25) is 0 Å². The molecule has 0 saturated heterocycles. The zero-order chi connectivity index (χ0) is 18.0. The highest BCUT2D eigenvalue weighted by molar-refractivity contribution is 6.13. The van der Waals surface area contributed by atoms with Crippen molar-refractivity contribution in [2.24, 2.45) is 12.2 Å². The molecule has 3 aromatic rings. The Bertz CT molecular complexity index is 967. The number of fused-ring (bicyclic) bond motifs is 1. The fraction of sp³-hybridized carbons (Fsp3) is 0.238. The molecule has 0 fully saturated rings. The van der Waals surface area contributed by atoms with Crippen LogP contribution < -0.4 is 0 Å². The molecule has 3 rings (SSSR count). The number of carbonyl (C=O) groups excluding carboxylic acids is 1. The van der Waals surface area contributed by atoms with Crippen LogP contribution in [0, 0.1) is 13.8 Å². The summed E-state index contributed by atoms with van der Waals surface area (Å²) in [6, 6.07) is 16.4. The molecule has 0 spiro atoms. The highest BCUT2D eigenvalue weighted by Gasteiger charge is 2.18. The van der Waals surface area contributed by atoms with Crippen molar-refractivity contribution in [2.45, 2.75) is 27.2 Å². The number of hydrogen-bond donors (Lipinski definition) is 0. The summed E-state index contributed by atoms with van der Waals surface area (Å²) < 4.78 is 2.14. The van der Waals surface area contributed by atoms with Crippen LogP contribution in [0.15, 0.2) is 53.7 Å². The summed E-state index contributed by atoms with van der Waals surface area (Å²) in [4.78, 5) is 16.3. The monoisotopic (exact) mass is 334 g/mol. The maximum atomic E-state index is 11.3. The zero-order valence-electron chi connectivity index (χ0n) is 15.0. The van der Waals surface area contributed by atoms with Gasteiger partial charge >= 0.3 is 5.97 Å². The Hall–Kier alpha value is -2.88. The molecule has 0 radical (unpaired) electrons. The van der Waals surface area contributed by atoms with Crippen molar-refractivity contribution in [1.29, 1.82) is 0 Å². The molecule has 0 aliphatic rings. The second-order valence-corrected chi connectivity index (χ2v) is 6.26. The van der Waals surface area contributed by atoms with Crippen molar-refractivity contribution in [3.63, 3.8) is 0 Å². The molecular formula is C21H22N2O2. The Morgan fingerprint density at radius 2 is 1.76 bits per heavy atom. The number of hydrogen-bond acceptors (Lipinski definition) is 3. The van der Waals surface area contributed by atoms with Gasteiger partial charge in [0.2, 0.25) is 0 Å². The van der Waals surface area contributed by atoms with E-state index in [1.165, 1.54) is 18.1 Å². The molecule has 4 nitrogen and oxygen atoms in total. The van der Waals surface area contributed by atoms with E-state index < -0.39 is 5.97 Å². The molecule has 0 amide bonds. The Labute approximate surface area is 147 Å². The highest BCUT2D eigenvalue weighted by Crippen LogP contribution is 2.27. The second-order valence-electron chi connectivity index (χ2n) is 6.26. The molecule has 0 unspecified atom stereocenters. The first-order chi connectivity index (χ1) is 12.0. The van der Waals surface area contributed by atoms with Crippen LogP contribution in [-0.4, -0.2) is 16.2 Å². The first-order valence-electron chi connectivity index (χ1n) is 8.32. The fourth-order valence-corrected chi connectivity index (χ4v) is 3.16. The number of aryl methyl sites for hydroxylation is 2. The smallest absolute Gasteiger partial charge is 0.331 e. The van der Waals surface area contributed by atoms with Gasteiger partial charge in [0, 0.05) is 42.6 Å². The molecular weight excluding hydrogens is 312 g/mol. The number of rotatable bonds is 4. The Balaban J connectivity index is 2.16.